The highest BCUT2D eigenvalue weighted by Crippen LogP contribution is 2.25. The van der Waals surface area contributed by atoms with Crippen LogP contribution in [0.15, 0.2) is 41.2 Å². The molecule has 3 aromatic rings. The molecule has 0 aromatic carbocycles. The van der Waals surface area contributed by atoms with Crippen LogP contribution in [0.5, 0.6) is 0 Å². The van der Waals surface area contributed by atoms with Crippen LogP contribution in [0, 0.1) is 0 Å². The van der Waals surface area contributed by atoms with Crippen molar-refractivity contribution in [1.82, 2.24) is 24.6 Å². The SMILES string of the molecule is Cn1ccnc1CC[C@H]1CCCCN1Cc1ccc(-c2ccn[nH]2)o1. The highest BCUT2D eigenvalue weighted by Gasteiger charge is 2.23. The van der Waals surface area contributed by atoms with Gasteiger partial charge in [-0.15, -0.1) is 0 Å². The maximum atomic E-state index is 6.02. The van der Waals surface area contributed by atoms with E-state index in [1.807, 2.05) is 24.5 Å². The number of aryl methyl sites for hydroxylation is 2. The van der Waals surface area contributed by atoms with Crippen LogP contribution >= 0.6 is 0 Å². The van der Waals surface area contributed by atoms with Crippen molar-refractivity contribution in [2.45, 2.75) is 44.7 Å². The highest BCUT2D eigenvalue weighted by molar-refractivity contribution is 5.51. The van der Waals surface area contributed by atoms with Crippen molar-refractivity contribution in [1.29, 1.82) is 0 Å². The highest BCUT2D eigenvalue weighted by atomic mass is 16.3. The molecule has 1 N–H and O–H groups in total. The van der Waals surface area contributed by atoms with E-state index in [9.17, 15) is 0 Å². The first kappa shape index (κ1) is 16.1. The van der Waals surface area contributed by atoms with Crippen LogP contribution in [0.25, 0.3) is 11.5 Å². The lowest BCUT2D eigenvalue weighted by atomic mass is 9.97. The van der Waals surface area contributed by atoms with E-state index in [1.165, 1.54) is 25.1 Å². The van der Waals surface area contributed by atoms with Gasteiger partial charge in [-0.25, -0.2) is 4.98 Å². The van der Waals surface area contributed by atoms with E-state index in [4.69, 9.17) is 4.42 Å². The molecule has 0 saturated carbocycles. The summed E-state index contributed by atoms with van der Waals surface area (Å²) in [4.78, 5) is 7.03. The largest absolute Gasteiger partial charge is 0.458 e. The lowest BCUT2D eigenvalue weighted by Gasteiger charge is -2.35. The summed E-state index contributed by atoms with van der Waals surface area (Å²) in [5, 5.41) is 6.94. The fraction of sp³-hybridized carbons (Fsp3) is 0.474. The third-order valence-corrected chi connectivity index (χ3v) is 5.16. The minimum atomic E-state index is 0.603. The van der Waals surface area contributed by atoms with Crippen molar-refractivity contribution in [2.75, 3.05) is 6.54 Å². The van der Waals surface area contributed by atoms with Crippen LogP contribution in [-0.2, 0) is 20.0 Å². The Morgan fingerprint density at radius 3 is 3.00 bits per heavy atom. The molecular weight excluding hydrogens is 314 g/mol. The summed E-state index contributed by atoms with van der Waals surface area (Å²) in [6.45, 7) is 2.02. The molecule has 3 aromatic heterocycles. The second-order valence-electron chi connectivity index (χ2n) is 6.85. The maximum absolute atomic E-state index is 6.02. The third kappa shape index (κ3) is 3.69. The first-order valence-corrected chi connectivity index (χ1v) is 9.08. The summed E-state index contributed by atoms with van der Waals surface area (Å²) < 4.78 is 8.14. The fourth-order valence-electron chi connectivity index (χ4n) is 3.73. The number of aromatic nitrogens is 4. The van der Waals surface area contributed by atoms with Gasteiger partial charge >= 0.3 is 0 Å². The summed E-state index contributed by atoms with van der Waals surface area (Å²) in [7, 11) is 2.07. The van der Waals surface area contributed by atoms with E-state index in [0.29, 0.717) is 6.04 Å². The smallest absolute Gasteiger partial charge is 0.152 e. The van der Waals surface area contributed by atoms with Gasteiger partial charge in [-0.05, 0) is 44.0 Å². The standard InChI is InChI=1S/C19H25N5O/c1-23-13-11-20-19(23)8-5-15-4-2-3-12-24(15)14-16-6-7-18(25-16)17-9-10-21-22-17/h6-7,9-11,13,15H,2-5,8,12,14H2,1H3,(H,21,22)/t15-/m1/s1. The van der Waals surface area contributed by atoms with Crippen molar-refractivity contribution in [3.8, 4) is 11.5 Å². The Kier molecular flexibility index (Phi) is 4.70. The topological polar surface area (TPSA) is 62.9 Å². The molecule has 0 radical (unpaired) electrons. The zero-order valence-corrected chi connectivity index (χ0v) is 14.7. The van der Waals surface area contributed by atoms with Crippen molar-refractivity contribution in [2.24, 2.45) is 7.05 Å². The maximum Gasteiger partial charge on any atom is 0.152 e. The monoisotopic (exact) mass is 339 g/mol. The average molecular weight is 339 g/mol. The Bertz CT molecular complexity index is 788. The van der Waals surface area contributed by atoms with Gasteiger partial charge in [0.05, 0.1) is 6.54 Å². The van der Waals surface area contributed by atoms with Gasteiger partial charge in [0.1, 0.15) is 17.3 Å². The summed E-state index contributed by atoms with van der Waals surface area (Å²) in [6, 6.07) is 6.64. The van der Waals surface area contributed by atoms with Gasteiger partial charge < -0.3 is 8.98 Å². The van der Waals surface area contributed by atoms with Crippen molar-refractivity contribution in [3.63, 3.8) is 0 Å². The number of aromatic amines is 1. The van der Waals surface area contributed by atoms with Crippen molar-refractivity contribution in [3.05, 3.63) is 48.4 Å². The number of nitrogens with zero attached hydrogens (tertiary/aromatic N) is 4. The van der Waals surface area contributed by atoms with E-state index >= 15 is 0 Å². The molecule has 4 heterocycles. The molecule has 1 aliphatic rings. The molecule has 132 valence electrons. The molecule has 0 unspecified atom stereocenters. The van der Waals surface area contributed by atoms with Gasteiger partial charge in [0.25, 0.3) is 0 Å². The predicted octanol–water partition coefficient (Wildman–Crippen LogP) is 3.39. The van der Waals surface area contributed by atoms with E-state index in [1.54, 1.807) is 6.20 Å². The Morgan fingerprint density at radius 1 is 1.24 bits per heavy atom. The predicted molar refractivity (Wildman–Crippen MR) is 95.9 cm³/mol. The summed E-state index contributed by atoms with van der Waals surface area (Å²) >= 11 is 0. The molecule has 0 amide bonds. The van der Waals surface area contributed by atoms with E-state index in [0.717, 1.165) is 43.1 Å². The Morgan fingerprint density at radius 2 is 2.20 bits per heavy atom. The van der Waals surface area contributed by atoms with Crippen LogP contribution in [0.4, 0.5) is 0 Å². The van der Waals surface area contributed by atoms with E-state index < -0.39 is 0 Å². The van der Waals surface area contributed by atoms with Crippen LogP contribution in [0.3, 0.4) is 0 Å². The zero-order chi connectivity index (χ0) is 17.1. The number of likely N-dealkylation sites (tertiary alicyclic amines) is 1. The average Bonchev–Trinajstić information content (AvgIpc) is 3.36. The van der Waals surface area contributed by atoms with Crippen molar-refractivity contribution >= 4 is 0 Å². The number of H-pyrrole nitrogens is 1. The van der Waals surface area contributed by atoms with Gasteiger partial charge in [0.2, 0.25) is 0 Å². The normalized spacial score (nSPS) is 18.7. The lowest BCUT2D eigenvalue weighted by Crippen LogP contribution is -2.39. The minimum absolute atomic E-state index is 0.603. The summed E-state index contributed by atoms with van der Waals surface area (Å²) in [5.74, 6) is 3.05. The van der Waals surface area contributed by atoms with Crippen LogP contribution in [0.1, 0.15) is 37.3 Å². The second kappa shape index (κ2) is 7.27. The molecule has 0 bridgehead atoms. The molecule has 1 fully saturated rings. The first-order valence-electron chi connectivity index (χ1n) is 9.08. The first-order chi connectivity index (χ1) is 12.3. The number of piperidine rings is 1. The Balaban J connectivity index is 1.40. The van der Waals surface area contributed by atoms with E-state index in [2.05, 4.69) is 37.8 Å². The minimum Gasteiger partial charge on any atom is -0.458 e. The number of rotatable bonds is 6. The number of imidazole rings is 1. The second-order valence-corrected chi connectivity index (χ2v) is 6.85. The molecule has 0 spiro atoms. The zero-order valence-electron chi connectivity index (χ0n) is 14.7. The molecular formula is C19H25N5O. The van der Waals surface area contributed by atoms with Gasteiger partial charge in [-0.2, -0.15) is 5.10 Å². The molecule has 1 atom stereocenters. The van der Waals surface area contributed by atoms with E-state index in [-0.39, 0.29) is 0 Å². The number of furan rings is 1. The molecule has 1 saturated heterocycles. The Hall–Kier alpha value is -2.34. The summed E-state index contributed by atoms with van der Waals surface area (Å²) in [6.07, 6.45) is 11.7. The van der Waals surface area contributed by atoms with Crippen LogP contribution in [-0.4, -0.2) is 37.2 Å². The molecule has 4 rings (SSSR count). The van der Waals surface area contributed by atoms with Gasteiger partial charge in [0.15, 0.2) is 5.76 Å². The molecule has 6 heteroatoms. The third-order valence-electron chi connectivity index (χ3n) is 5.16. The molecule has 0 aliphatic carbocycles. The van der Waals surface area contributed by atoms with Crippen molar-refractivity contribution < 1.29 is 4.42 Å². The lowest BCUT2D eigenvalue weighted by molar-refractivity contribution is 0.123. The molecule has 6 nitrogen and oxygen atoms in total. The fourth-order valence-corrected chi connectivity index (χ4v) is 3.73. The number of hydrogen-bond donors (Lipinski definition) is 1. The van der Waals surface area contributed by atoms with Crippen LogP contribution < -0.4 is 0 Å². The summed E-state index contributed by atoms with van der Waals surface area (Å²) in [5.41, 5.74) is 0.927. The number of nitrogens with one attached hydrogen (secondary N) is 1. The van der Waals surface area contributed by atoms with Gasteiger partial charge in [-0.1, -0.05) is 6.42 Å². The molecule has 1 aliphatic heterocycles. The number of hydrogen-bond acceptors (Lipinski definition) is 4. The Labute approximate surface area is 147 Å². The van der Waals surface area contributed by atoms with Gasteiger partial charge in [0, 0.05) is 38.1 Å². The molecule has 25 heavy (non-hydrogen) atoms. The quantitative estimate of drug-likeness (QED) is 0.748. The van der Waals surface area contributed by atoms with Gasteiger partial charge in [-0.3, -0.25) is 10.00 Å². The van der Waals surface area contributed by atoms with Crippen LogP contribution in [0.2, 0.25) is 0 Å².